The number of esters is 2. The van der Waals surface area contributed by atoms with Crippen LogP contribution in [0.5, 0.6) is 0 Å². The van der Waals surface area contributed by atoms with Crippen molar-refractivity contribution in [1.29, 1.82) is 0 Å². The molecule has 0 aliphatic carbocycles. The first-order chi connectivity index (χ1) is 10.9. The van der Waals surface area contributed by atoms with Crippen LogP contribution in [0.1, 0.15) is 26.7 Å². The summed E-state index contributed by atoms with van der Waals surface area (Å²) in [5.74, 6) is -2.63. The minimum absolute atomic E-state index is 0.0363. The van der Waals surface area contributed by atoms with Gasteiger partial charge in [-0.2, -0.15) is 16.8 Å². The standard InChI is InChI=1S/C12H22O10S2/c1-9(11(13)19-3)21-23(15,16)7-5-6-8-24(17,18)22-10(2)12(14)20-4/h9-10H,5-8H2,1-4H3. The minimum atomic E-state index is -4.00. The van der Waals surface area contributed by atoms with Crippen LogP contribution in [0.3, 0.4) is 0 Å². The zero-order chi connectivity index (χ0) is 19.0. The fourth-order valence-corrected chi connectivity index (χ4v) is 3.85. The Morgan fingerprint density at radius 1 is 0.750 bits per heavy atom. The summed E-state index contributed by atoms with van der Waals surface area (Å²) >= 11 is 0. The molecule has 10 nitrogen and oxygen atoms in total. The van der Waals surface area contributed by atoms with Crippen molar-refractivity contribution in [3.63, 3.8) is 0 Å². The lowest BCUT2D eigenvalue weighted by molar-refractivity contribution is -0.148. The summed E-state index contributed by atoms with van der Waals surface area (Å²) in [6, 6.07) is 0. The van der Waals surface area contributed by atoms with Gasteiger partial charge in [0.2, 0.25) is 0 Å². The highest BCUT2D eigenvalue weighted by Gasteiger charge is 2.24. The Hall–Kier alpha value is -1.24. The van der Waals surface area contributed by atoms with Crippen molar-refractivity contribution in [1.82, 2.24) is 0 Å². The zero-order valence-corrected chi connectivity index (χ0v) is 15.5. The molecule has 0 spiro atoms. The molecule has 0 aliphatic heterocycles. The number of carbonyl (C=O) groups excluding carboxylic acids is 2. The molecule has 0 aromatic carbocycles. The Bertz CT molecular complexity index is 566. The van der Waals surface area contributed by atoms with Gasteiger partial charge in [0, 0.05) is 0 Å². The van der Waals surface area contributed by atoms with Gasteiger partial charge in [0.1, 0.15) is 0 Å². The van der Waals surface area contributed by atoms with Crippen LogP contribution in [-0.2, 0) is 47.7 Å². The van der Waals surface area contributed by atoms with E-state index in [2.05, 4.69) is 17.8 Å². The molecular weight excluding hydrogens is 368 g/mol. The number of hydrogen-bond acceptors (Lipinski definition) is 10. The van der Waals surface area contributed by atoms with Crippen molar-refractivity contribution in [2.24, 2.45) is 0 Å². The molecule has 0 radical (unpaired) electrons. The lowest BCUT2D eigenvalue weighted by atomic mass is 10.4. The monoisotopic (exact) mass is 390 g/mol. The van der Waals surface area contributed by atoms with Gasteiger partial charge >= 0.3 is 11.9 Å². The number of unbranched alkanes of at least 4 members (excludes halogenated alkanes) is 1. The fourth-order valence-electron chi connectivity index (χ4n) is 1.50. The number of methoxy groups -OCH3 is 2. The maximum atomic E-state index is 11.6. The van der Waals surface area contributed by atoms with E-state index in [1.165, 1.54) is 13.8 Å². The third-order valence-electron chi connectivity index (χ3n) is 2.69. The third-order valence-corrected chi connectivity index (χ3v) is 5.43. The predicted octanol–water partition coefficient (Wildman–Crippen LogP) is -0.418. The molecule has 0 saturated heterocycles. The van der Waals surface area contributed by atoms with Crippen molar-refractivity contribution in [3.8, 4) is 0 Å². The zero-order valence-electron chi connectivity index (χ0n) is 13.9. The van der Waals surface area contributed by atoms with Gasteiger partial charge in [-0.1, -0.05) is 0 Å². The molecule has 0 fully saturated rings. The van der Waals surface area contributed by atoms with Crippen LogP contribution in [0.15, 0.2) is 0 Å². The second-order valence-electron chi connectivity index (χ2n) is 4.75. The number of hydrogen-bond donors (Lipinski definition) is 0. The van der Waals surface area contributed by atoms with E-state index in [1.54, 1.807) is 0 Å². The van der Waals surface area contributed by atoms with Crippen molar-refractivity contribution in [3.05, 3.63) is 0 Å². The second-order valence-corrected chi connectivity index (χ2v) is 8.19. The molecule has 2 unspecified atom stereocenters. The van der Waals surface area contributed by atoms with Gasteiger partial charge in [-0.15, -0.1) is 0 Å². The average molecular weight is 390 g/mol. The molecule has 2 atom stereocenters. The largest absolute Gasteiger partial charge is 0.467 e. The van der Waals surface area contributed by atoms with Crippen LogP contribution >= 0.6 is 0 Å². The van der Waals surface area contributed by atoms with Crippen molar-refractivity contribution >= 4 is 32.2 Å². The molecule has 12 heteroatoms. The van der Waals surface area contributed by atoms with Gasteiger partial charge in [0.25, 0.3) is 20.2 Å². The third kappa shape index (κ3) is 9.15. The van der Waals surface area contributed by atoms with E-state index in [-0.39, 0.29) is 12.8 Å². The molecule has 0 heterocycles. The fraction of sp³-hybridized carbons (Fsp3) is 0.833. The number of carbonyl (C=O) groups is 2. The highest BCUT2D eigenvalue weighted by atomic mass is 32.2. The molecule has 0 aromatic heterocycles. The predicted molar refractivity (Wildman–Crippen MR) is 81.9 cm³/mol. The Labute approximate surface area is 141 Å². The number of rotatable bonds is 11. The lowest BCUT2D eigenvalue weighted by Crippen LogP contribution is -2.27. The first-order valence-electron chi connectivity index (χ1n) is 6.91. The molecule has 0 saturated carbocycles. The summed E-state index contributed by atoms with van der Waals surface area (Å²) in [5, 5.41) is 0. The van der Waals surface area contributed by atoms with E-state index in [4.69, 9.17) is 0 Å². The SMILES string of the molecule is COC(=O)C(C)OS(=O)(=O)CCCCS(=O)(=O)OC(C)C(=O)OC. The first kappa shape index (κ1) is 22.8. The Morgan fingerprint density at radius 2 is 1.04 bits per heavy atom. The summed E-state index contributed by atoms with van der Waals surface area (Å²) in [4.78, 5) is 22.2. The lowest BCUT2D eigenvalue weighted by Gasteiger charge is -2.12. The molecule has 0 amide bonds. The highest BCUT2D eigenvalue weighted by Crippen LogP contribution is 2.08. The Kier molecular flexibility index (Phi) is 9.40. The summed E-state index contributed by atoms with van der Waals surface area (Å²) in [5.41, 5.74) is 0. The molecule has 142 valence electrons. The first-order valence-corrected chi connectivity index (χ1v) is 10.1. The van der Waals surface area contributed by atoms with Crippen LogP contribution in [0.4, 0.5) is 0 Å². The van der Waals surface area contributed by atoms with E-state index in [1.807, 2.05) is 0 Å². The normalized spacial score (nSPS) is 14.7. The van der Waals surface area contributed by atoms with Crippen molar-refractivity contribution in [2.75, 3.05) is 25.7 Å². The molecule has 0 aromatic rings. The quantitative estimate of drug-likeness (QED) is 0.259. The van der Waals surface area contributed by atoms with Gasteiger partial charge in [-0.3, -0.25) is 8.37 Å². The van der Waals surface area contributed by atoms with Crippen LogP contribution < -0.4 is 0 Å². The molecule has 24 heavy (non-hydrogen) atoms. The topological polar surface area (TPSA) is 139 Å². The van der Waals surface area contributed by atoms with Gasteiger partial charge in [0.05, 0.1) is 25.7 Å². The van der Waals surface area contributed by atoms with E-state index in [0.29, 0.717) is 0 Å². The van der Waals surface area contributed by atoms with E-state index < -0.39 is 55.9 Å². The van der Waals surface area contributed by atoms with Crippen LogP contribution in [0.2, 0.25) is 0 Å². The summed E-state index contributed by atoms with van der Waals surface area (Å²) in [6.07, 6.45) is -2.64. The minimum Gasteiger partial charge on any atom is -0.467 e. The van der Waals surface area contributed by atoms with Crippen LogP contribution in [-0.4, -0.2) is 66.7 Å². The van der Waals surface area contributed by atoms with Gasteiger partial charge in [-0.25, -0.2) is 9.59 Å². The maximum Gasteiger partial charge on any atom is 0.336 e. The van der Waals surface area contributed by atoms with Crippen LogP contribution in [0, 0.1) is 0 Å². The highest BCUT2D eigenvalue weighted by molar-refractivity contribution is 7.87. The summed E-state index contributed by atoms with van der Waals surface area (Å²) in [6.45, 7) is 2.44. The van der Waals surface area contributed by atoms with Gasteiger partial charge in [-0.05, 0) is 26.7 Å². The van der Waals surface area contributed by atoms with Crippen molar-refractivity contribution < 1.29 is 44.3 Å². The average Bonchev–Trinajstić information content (AvgIpc) is 2.48. The van der Waals surface area contributed by atoms with E-state index in [9.17, 15) is 26.4 Å². The molecule has 0 aliphatic rings. The molecular formula is C12H22O10S2. The molecule has 0 bridgehead atoms. The Morgan fingerprint density at radius 3 is 1.29 bits per heavy atom. The summed E-state index contributed by atoms with van der Waals surface area (Å²) in [7, 11) is -5.82. The molecule has 0 N–H and O–H groups in total. The molecule has 0 rings (SSSR count). The van der Waals surface area contributed by atoms with E-state index in [0.717, 1.165) is 14.2 Å². The van der Waals surface area contributed by atoms with Gasteiger partial charge < -0.3 is 9.47 Å². The van der Waals surface area contributed by atoms with E-state index >= 15 is 0 Å². The second kappa shape index (κ2) is 9.91. The number of ether oxygens (including phenoxy) is 2. The Balaban J connectivity index is 4.32. The smallest absolute Gasteiger partial charge is 0.336 e. The van der Waals surface area contributed by atoms with Crippen molar-refractivity contribution in [2.45, 2.75) is 38.9 Å². The van der Waals surface area contributed by atoms with Crippen LogP contribution in [0.25, 0.3) is 0 Å². The summed E-state index contributed by atoms with van der Waals surface area (Å²) < 4.78 is 64.3. The maximum absolute atomic E-state index is 11.6. The van der Waals surface area contributed by atoms with Gasteiger partial charge in [0.15, 0.2) is 12.2 Å².